The maximum atomic E-state index is 14.1. The quantitative estimate of drug-likeness (QED) is 0.0421. The monoisotopic (exact) mass is 1510 g/mol. The SMILES string of the molecule is COc1c(F)cc(-c2cc(OC[C@H]3CNC(=O)C3)c3cccnc3c2)cc1F.COc1cc(-c2cc(OC[C@H]3CNC(=O)C3)c3cccnc3c2)ccc1O.COc1cc(-c2cc(OC[C@H]3CNC(=O)O3)c3cccnc3c2)cc(OC)c1OC.COc1ccc(-c2cc(OC[C@H]3CNC(=O)O3)c3cccnc3c2)cn1. The molecule has 111 heavy (non-hydrogen) atoms. The van der Waals surface area contributed by atoms with Crippen LogP contribution in [0.15, 0.2) is 183 Å². The molecule has 0 unspecified atom stereocenters. The van der Waals surface area contributed by atoms with Gasteiger partial charge in [0.1, 0.15) is 36.2 Å². The van der Waals surface area contributed by atoms with Crippen LogP contribution in [0.25, 0.3) is 88.1 Å². The number of alkyl carbamates (subject to hydrolysis) is 2. The summed E-state index contributed by atoms with van der Waals surface area (Å²) < 4.78 is 94.1. The van der Waals surface area contributed by atoms with Crippen LogP contribution in [-0.2, 0) is 19.1 Å². The standard InChI is InChI=1S/C22H22N2O6.C21H18F2N2O3.C21H20N2O4.C19H17N3O4/c1-26-19-9-14(10-20(27-2)21(19)28-3)13-7-17-16(5-4-6-23-17)18(8-13)29-12-15-11-24-22(25)30-15;1-27-21-16(22)6-13(7-17(21)23)14-8-18-15(3-2-4-24-18)19(9-14)28-11-12-5-20(26)25-10-12;1-26-20-9-14(4-5-18(20)24)15-8-17-16(3-2-6-22-17)19(10-15)27-12-13-7-21(25)23-11-13;1-24-18-5-4-12(9-21-18)13-7-16-15(3-2-6-20-16)17(8-13)25-11-14-10-22-19(23)26-14/h4-10,15H,11-12H2,1-3H3,(H,24,25);2-4,6-9,12H,5,10-11H2,1H3,(H,25,26);2-6,8-10,13,24H,7,11-12H2,1H3,(H,23,25);2-9,14H,10-11H2,1H3,(H,22,23)/t15-;12-;13-;14-/m1111/s1. The van der Waals surface area contributed by atoms with E-state index in [-0.39, 0.29) is 54.8 Å². The molecular weight excluding hydrogens is 1430 g/mol. The number of phenolic OH excluding ortho intramolecular Hbond substituents is 1. The molecule has 7 aromatic carbocycles. The molecule has 0 radical (unpaired) electrons. The smallest absolute Gasteiger partial charge is 0.407 e. The summed E-state index contributed by atoms with van der Waals surface area (Å²) in [5.41, 5.74) is 9.37. The first-order valence-electron chi connectivity index (χ1n) is 35.2. The molecule has 9 heterocycles. The Bertz CT molecular complexity index is 5360. The lowest BCUT2D eigenvalue weighted by Gasteiger charge is -2.16. The number of methoxy groups -OCH3 is 6. The molecule has 4 amide bonds. The molecule has 570 valence electrons. The Labute approximate surface area is 635 Å². The fraction of sp³-hybridized carbons (Fsp3) is 0.241. The first-order chi connectivity index (χ1) is 54.0. The molecule has 12 aromatic rings. The maximum Gasteiger partial charge on any atom is 0.407 e. The van der Waals surface area contributed by atoms with Crippen molar-refractivity contribution in [1.82, 2.24) is 46.2 Å². The summed E-state index contributed by atoms with van der Waals surface area (Å²) in [6, 6.07) is 45.5. The number of pyridine rings is 5. The lowest BCUT2D eigenvalue weighted by atomic mass is 10.0. The maximum absolute atomic E-state index is 14.1. The van der Waals surface area contributed by atoms with Crippen LogP contribution in [0.1, 0.15) is 12.8 Å². The van der Waals surface area contributed by atoms with Gasteiger partial charge in [0.25, 0.3) is 0 Å². The zero-order valence-corrected chi connectivity index (χ0v) is 61.2. The number of carbonyl (C=O) groups is 4. The second kappa shape index (κ2) is 35.0. The number of hydrogen-bond acceptors (Lipinski definition) is 22. The van der Waals surface area contributed by atoms with Gasteiger partial charge in [0.2, 0.25) is 23.4 Å². The molecule has 5 aromatic heterocycles. The third kappa shape index (κ3) is 18.2. The van der Waals surface area contributed by atoms with Gasteiger partial charge in [-0.3, -0.25) is 29.5 Å². The van der Waals surface area contributed by atoms with Crippen LogP contribution in [0.4, 0.5) is 18.4 Å². The molecule has 5 N–H and O–H groups in total. The molecule has 4 aliphatic rings. The first-order valence-corrected chi connectivity index (χ1v) is 35.2. The molecule has 28 heteroatoms. The van der Waals surface area contributed by atoms with Crippen LogP contribution in [0.2, 0.25) is 0 Å². The van der Waals surface area contributed by atoms with E-state index in [1.807, 2.05) is 109 Å². The Kier molecular flexibility index (Phi) is 23.9. The van der Waals surface area contributed by atoms with Crippen molar-refractivity contribution in [3.63, 3.8) is 0 Å². The van der Waals surface area contributed by atoms with Gasteiger partial charge in [-0.1, -0.05) is 6.07 Å². The van der Waals surface area contributed by atoms with Crippen LogP contribution in [0.3, 0.4) is 0 Å². The number of fused-ring (bicyclic) bond motifs is 4. The average Bonchev–Trinajstić information content (AvgIpc) is 1.23. The number of hydrogen-bond donors (Lipinski definition) is 5. The highest BCUT2D eigenvalue weighted by atomic mass is 19.1. The molecule has 0 aliphatic carbocycles. The highest BCUT2D eigenvalue weighted by molar-refractivity contribution is 5.94. The van der Waals surface area contributed by atoms with E-state index in [0.717, 1.165) is 77.2 Å². The molecule has 0 bridgehead atoms. The minimum atomic E-state index is -0.781. The predicted octanol–water partition coefficient (Wildman–Crippen LogP) is 13.0. The van der Waals surface area contributed by atoms with Crippen LogP contribution in [0, 0.1) is 23.5 Å². The van der Waals surface area contributed by atoms with Gasteiger partial charge in [0.05, 0.1) is 91.0 Å². The van der Waals surface area contributed by atoms with E-state index in [0.29, 0.717) is 115 Å². The number of ether oxygens (including phenoxy) is 12. The zero-order chi connectivity index (χ0) is 77.5. The third-order valence-corrected chi connectivity index (χ3v) is 18.5. The van der Waals surface area contributed by atoms with Crippen molar-refractivity contribution >= 4 is 67.6 Å². The van der Waals surface area contributed by atoms with Crippen LogP contribution >= 0.6 is 0 Å². The second-order valence-corrected chi connectivity index (χ2v) is 25.8. The second-order valence-electron chi connectivity index (χ2n) is 25.8. The van der Waals surface area contributed by atoms with Gasteiger partial charge in [-0.25, -0.2) is 23.4 Å². The van der Waals surface area contributed by atoms with E-state index in [1.165, 1.54) is 26.4 Å². The van der Waals surface area contributed by atoms with Crippen LogP contribution in [0.5, 0.6) is 63.4 Å². The van der Waals surface area contributed by atoms with Crippen molar-refractivity contribution < 1.29 is 89.9 Å². The van der Waals surface area contributed by atoms with Crippen molar-refractivity contribution in [3.8, 4) is 108 Å². The number of nitrogens with zero attached hydrogens (tertiary/aromatic N) is 5. The summed E-state index contributed by atoms with van der Waals surface area (Å²) in [5.74, 6) is 3.65. The number of amides is 4. The van der Waals surface area contributed by atoms with Crippen molar-refractivity contribution in [2.45, 2.75) is 25.0 Å². The van der Waals surface area contributed by atoms with E-state index in [2.05, 4.69) is 46.2 Å². The number of carbonyl (C=O) groups excluding carboxylic acids is 4. The Morgan fingerprint density at radius 3 is 1.11 bits per heavy atom. The Morgan fingerprint density at radius 1 is 0.378 bits per heavy atom. The van der Waals surface area contributed by atoms with Crippen molar-refractivity contribution in [1.29, 1.82) is 0 Å². The van der Waals surface area contributed by atoms with Crippen molar-refractivity contribution in [2.75, 3.05) is 95.3 Å². The van der Waals surface area contributed by atoms with Gasteiger partial charge >= 0.3 is 12.2 Å². The minimum Gasteiger partial charge on any atom is -0.504 e. The Hall–Kier alpha value is -13.5. The van der Waals surface area contributed by atoms with E-state index in [1.54, 1.807) is 89.8 Å². The molecule has 0 saturated carbocycles. The van der Waals surface area contributed by atoms with Crippen LogP contribution in [-0.4, -0.2) is 162 Å². The number of phenols is 1. The number of cyclic esters (lactones) is 2. The predicted molar refractivity (Wildman–Crippen MR) is 408 cm³/mol. The average molecular weight is 1510 g/mol. The number of halogens is 2. The summed E-state index contributed by atoms with van der Waals surface area (Å²) in [6.07, 6.45) is 8.03. The lowest BCUT2D eigenvalue weighted by molar-refractivity contribution is -0.120. The highest BCUT2D eigenvalue weighted by Crippen LogP contribution is 2.44. The fourth-order valence-corrected chi connectivity index (χ4v) is 12.8. The van der Waals surface area contributed by atoms with Gasteiger partial charge in [-0.15, -0.1) is 0 Å². The van der Waals surface area contributed by atoms with E-state index < -0.39 is 29.6 Å². The normalized spacial score (nSPS) is 16.0. The topological polar surface area (TPSA) is 312 Å². The number of nitrogens with one attached hydrogen (secondary N) is 4. The molecule has 0 spiro atoms. The van der Waals surface area contributed by atoms with Gasteiger partial charge < -0.3 is 83.2 Å². The lowest BCUT2D eigenvalue weighted by Crippen LogP contribution is -2.22. The Balaban J connectivity index is 0.000000130. The van der Waals surface area contributed by atoms with Crippen molar-refractivity contribution in [3.05, 3.63) is 194 Å². The fourth-order valence-electron chi connectivity index (χ4n) is 12.8. The van der Waals surface area contributed by atoms with Gasteiger partial charge in [-0.2, -0.15) is 0 Å². The number of rotatable bonds is 22. The summed E-state index contributed by atoms with van der Waals surface area (Å²) in [7, 11) is 9.04. The van der Waals surface area contributed by atoms with E-state index >= 15 is 0 Å². The summed E-state index contributed by atoms with van der Waals surface area (Å²) in [4.78, 5) is 67.1. The number of aromatic hydroxyl groups is 1. The summed E-state index contributed by atoms with van der Waals surface area (Å²) in [5, 5.41) is 24.2. The van der Waals surface area contributed by atoms with Gasteiger partial charge in [0, 0.05) is 102 Å². The highest BCUT2D eigenvalue weighted by Gasteiger charge is 2.28. The molecule has 26 nitrogen and oxygen atoms in total. The largest absolute Gasteiger partial charge is 0.504 e. The molecular formula is C83H77F2N9O17. The molecule has 4 aliphatic heterocycles. The number of aromatic nitrogens is 5. The van der Waals surface area contributed by atoms with Crippen molar-refractivity contribution in [2.24, 2.45) is 11.8 Å². The first kappa shape index (κ1) is 75.7. The van der Waals surface area contributed by atoms with E-state index in [4.69, 9.17) is 56.8 Å². The minimum absolute atomic E-state index is 0.0121. The van der Waals surface area contributed by atoms with E-state index in [9.17, 15) is 33.1 Å². The molecule has 4 fully saturated rings. The van der Waals surface area contributed by atoms with Crippen LogP contribution < -0.4 is 68.6 Å². The van der Waals surface area contributed by atoms with Gasteiger partial charge in [0.15, 0.2) is 52.6 Å². The molecule has 4 atom stereocenters. The Morgan fingerprint density at radius 2 is 0.748 bits per heavy atom. The zero-order valence-electron chi connectivity index (χ0n) is 61.2. The summed E-state index contributed by atoms with van der Waals surface area (Å²) in [6.45, 7) is 3.41. The molecule has 4 saturated heterocycles. The van der Waals surface area contributed by atoms with Gasteiger partial charge in [-0.05, 0) is 178 Å². The third-order valence-electron chi connectivity index (χ3n) is 18.5. The molecule has 16 rings (SSSR count). The number of benzene rings is 7. The summed E-state index contributed by atoms with van der Waals surface area (Å²) >= 11 is 0.